The first-order chi connectivity index (χ1) is 12.5. The molecule has 2 heterocycles. The number of carbonyl (C=O) groups is 2. The van der Waals surface area contributed by atoms with Gasteiger partial charge in [0.25, 0.3) is 0 Å². The van der Waals surface area contributed by atoms with Gasteiger partial charge in [-0.1, -0.05) is 30.3 Å². The number of rotatable bonds is 3. The highest BCUT2D eigenvalue weighted by Gasteiger charge is 2.24. The molecule has 1 aromatic carbocycles. The molecule has 0 saturated carbocycles. The smallest absolute Gasteiger partial charge is 0.246 e. The number of carbonyl (C=O) groups excluding carboxylic acids is 2. The summed E-state index contributed by atoms with van der Waals surface area (Å²) in [7, 11) is 0. The average molecular weight is 368 g/mol. The summed E-state index contributed by atoms with van der Waals surface area (Å²) in [4.78, 5) is 36.0. The van der Waals surface area contributed by atoms with Crippen LogP contribution in [0.1, 0.15) is 35.6 Å². The molecule has 0 radical (unpaired) electrons. The van der Waals surface area contributed by atoms with Gasteiger partial charge in [0.15, 0.2) is 0 Å². The van der Waals surface area contributed by atoms with Crippen LogP contribution in [0, 0.1) is 6.92 Å². The lowest BCUT2D eigenvalue weighted by molar-refractivity contribution is -0.127. The number of benzene rings is 1. The molecule has 1 amide bonds. The Morgan fingerprint density at radius 3 is 2.69 bits per heavy atom. The monoisotopic (exact) mass is 368 g/mol. The van der Waals surface area contributed by atoms with Crippen LogP contribution in [0.25, 0.3) is 0 Å². The van der Waals surface area contributed by atoms with Gasteiger partial charge in [-0.3, -0.25) is 9.59 Å². The number of fused-ring (bicyclic) bond motifs is 1. The van der Waals surface area contributed by atoms with E-state index in [2.05, 4.69) is 15.3 Å². The number of hydrogen-bond donors (Lipinski definition) is 1. The SMILES string of the molecule is C/C(SC(=O)c1ccccc1)=C(\C)N1Cc2cnc(C)nc2NCC1=O. The summed E-state index contributed by atoms with van der Waals surface area (Å²) in [6.07, 6.45) is 1.74. The number of amides is 1. The normalized spacial score (nSPS) is 14.9. The number of anilines is 1. The van der Waals surface area contributed by atoms with Crippen molar-refractivity contribution in [3.8, 4) is 0 Å². The van der Waals surface area contributed by atoms with E-state index >= 15 is 0 Å². The summed E-state index contributed by atoms with van der Waals surface area (Å²) in [6.45, 7) is 6.07. The third-order valence-corrected chi connectivity index (χ3v) is 5.21. The van der Waals surface area contributed by atoms with Crippen molar-refractivity contribution in [1.82, 2.24) is 14.9 Å². The maximum atomic E-state index is 12.6. The molecular formula is C19H20N4O2S. The number of nitrogens with one attached hydrogen (secondary N) is 1. The van der Waals surface area contributed by atoms with Crippen LogP contribution in [0.15, 0.2) is 47.1 Å². The van der Waals surface area contributed by atoms with Gasteiger partial charge in [0, 0.05) is 27.9 Å². The topological polar surface area (TPSA) is 75.2 Å². The third kappa shape index (κ3) is 3.94. The van der Waals surface area contributed by atoms with Crippen LogP contribution in [0.4, 0.5) is 5.82 Å². The fourth-order valence-corrected chi connectivity index (χ4v) is 3.41. The molecule has 3 rings (SSSR count). The predicted octanol–water partition coefficient (Wildman–Crippen LogP) is 3.36. The van der Waals surface area contributed by atoms with Gasteiger partial charge in [-0.25, -0.2) is 9.97 Å². The first kappa shape index (κ1) is 18.1. The quantitative estimate of drug-likeness (QED) is 0.895. The Bertz CT molecular complexity index is 880. The fourth-order valence-electron chi connectivity index (χ4n) is 2.62. The predicted molar refractivity (Wildman–Crippen MR) is 103 cm³/mol. The second-order valence-corrected chi connectivity index (χ2v) is 7.21. The number of thioether (sulfide) groups is 1. The van der Waals surface area contributed by atoms with Gasteiger partial charge in [0.05, 0.1) is 13.1 Å². The minimum Gasteiger partial charge on any atom is -0.361 e. The van der Waals surface area contributed by atoms with Crippen molar-refractivity contribution in [2.24, 2.45) is 0 Å². The molecule has 7 heteroatoms. The fraction of sp³-hybridized carbons (Fsp3) is 0.263. The van der Waals surface area contributed by atoms with E-state index in [9.17, 15) is 9.59 Å². The molecule has 6 nitrogen and oxygen atoms in total. The van der Waals surface area contributed by atoms with Crippen LogP contribution in [0.2, 0.25) is 0 Å². The van der Waals surface area contributed by atoms with Crippen molar-refractivity contribution in [1.29, 1.82) is 0 Å². The van der Waals surface area contributed by atoms with Gasteiger partial charge in [-0.15, -0.1) is 0 Å². The Labute approximate surface area is 156 Å². The van der Waals surface area contributed by atoms with Crippen molar-refractivity contribution >= 4 is 28.6 Å². The van der Waals surface area contributed by atoms with Crippen molar-refractivity contribution < 1.29 is 9.59 Å². The van der Waals surface area contributed by atoms with Crippen LogP contribution in [-0.2, 0) is 11.3 Å². The molecule has 1 N–H and O–H groups in total. The van der Waals surface area contributed by atoms with Gasteiger partial charge >= 0.3 is 0 Å². The van der Waals surface area contributed by atoms with Crippen molar-refractivity contribution in [3.05, 3.63) is 64.1 Å². The van der Waals surface area contributed by atoms with Crippen molar-refractivity contribution in [2.75, 3.05) is 11.9 Å². The Balaban J connectivity index is 1.83. The summed E-state index contributed by atoms with van der Waals surface area (Å²) in [5.74, 6) is 1.28. The van der Waals surface area contributed by atoms with Gasteiger partial charge in [0.2, 0.25) is 11.0 Å². The second-order valence-electron chi connectivity index (χ2n) is 6.02. The third-order valence-electron chi connectivity index (χ3n) is 4.19. The molecule has 0 aliphatic carbocycles. The lowest BCUT2D eigenvalue weighted by Crippen LogP contribution is -2.31. The summed E-state index contributed by atoms with van der Waals surface area (Å²) in [6, 6.07) is 9.12. The summed E-state index contributed by atoms with van der Waals surface area (Å²) >= 11 is 1.14. The van der Waals surface area contributed by atoms with E-state index < -0.39 is 0 Å². The van der Waals surface area contributed by atoms with E-state index in [0.29, 0.717) is 23.8 Å². The second kappa shape index (κ2) is 7.70. The van der Waals surface area contributed by atoms with Gasteiger partial charge in [-0.2, -0.15) is 0 Å². The molecule has 0 atom stereocenters. The Hall–Kier alpha value is -2.67. The minimum atomic E-state index is -0.0646. The number of nitrogens with zero attached hydrogens (tertiary/aromatic N) is 3. The van der Waals surface area contributed by atoms with E-state index in [1.54, 1.807) is 23.2 Å². The van der Waals surface area contributed by atoms with Gasteiger partial charge < -0.3 is 10.2 Å². The van der Waals surface area contributed by atoms with Crippen LogP contribution in [0.5, 0.6) is 0 Å². The zero-order chi connectivity index (χ0) is 18.7. The molecule has 2 aromatic rings. The van der Waals surface area contributed by atoms with Gasteiger partial charge in [0.1, 0.15) is 11.6 Å². The van der Waals surface area contributed by atoms with Crippen LogP contribution < -0.4 is 5.32 Å². The minimum absolute atomic E-state index is 0.0396. The van der Waals surface area contributed by atoms with Crippen molar-refractivity contribution in [3.63, 3.8) is 0 Å². The highest BCUT2D eigenvalue weighted by atomic mass is 32.2. The molecule has 26 heavy (non-hydrogen) atoms. The zero-order valence-electron chi connectivity index (χ0n) is 14.9. The van der Waals surface area contributed by atoms with E-state index in [0.717, 1.165) is 27.9 Å². The number of allylic oxidation sites excluding steroid dienone is 2. The summed E-state index contributed by atoms with van der Waals surface area (Å²) < 4.78 is 0. The van der Waals surface area contributed by atoms with E-state index in [-0.39, 0.29) is 17.6 Å². The van der Waals surface area contributed by atoms with E-state index in [1.807, 2.05) is 39.0 Å². The summed E-state index contributed by atoms with van der Waals surface area (Å²) in [5.41, 5.74) is 2.26. The Morgan fingerprint density at radius 1 is 1.23 bits per heavy atom. The molecule has 0 bridgehead atoms. The molecular weight excluding hydrogens is 348 g/mol. The standard InChI is InChI=1S/C19H20N4O2S/c1-12(13(2)26-19(25)15-7-5-4-6-8-15)23-11-16-9-20-14(3)22-18(16)21-10-17(23)24/h4-9H,10-11H2,1-3H3,(H,20,21,22)/b13-12-. The molecule has 1 aromatic heterocycles. The molecule has 0 fully saturated rings. The molecule has 1 aliphatic heterocycles. The van der Waals surface area contributed by atoms with Crippen LogP contribution >= 0.6 is 11.8 Å². The highest BCUT2D eigenvalue weighted by molar-refractivity contribution is 8.17. The molecule has 0 spiro atoms. The Kier molecular flexibility index (Phi) is 5.37. The average Bonchev–Trinajstić information content (AvgIpc) is 2.80. The number of aromatic nitrogens is 2. The molecule has 0 unspecified atom stereocenters. The number of aryl methyl sites for hydroxylation is 1. The Morgan fingerprint density at radius 2 is 1.96 bits per heavy atom. The largest absolute Gasteiger partial charge is 0.361 e. The summed E-state index contributed by atoms with van der Waals surface area (Å²) in [5, 5.41) is 3.03. The lowest BCUT2D eigenvalue weighted by atomic mass is 10.2. The van der Waals surface area contributed by atoms with Crippen LogP contribution in [-0.4, -0.2) is 32.4 Å². The number of hydrogen-bond acceptors (Lipinski definition) is 6. The van der Waals surface area contributed by atoms with E-state index in [4.69, 9.17) is 0 Å². The molecule has 0 saturated heterocycles. The lowest BCUT2D eigenvalue weighted by Gasteiger charge is -2.23. The van der Waals surface area contributed by atoms with E-state index in [1.165, 1.54) is 0 Å². The maximum absolute atomic E-state index is 12.6. The molecule has 134 valence electrons. The zero-order valence-corrected chi connectivity index (χ0v) is 15.8. The van der Waals surface area contributed by atoms with Crippen molar-refractivity contribution in [2.45, 2.75) is 27.3 Å². The first-order valence-corrected chi connectivity index (χ1v) is 9.09. The molecule has 1 aliphatic rings. The van der Waals surface area contributed by atoms with Crippen LogP contribution in [0.3, 0.4) is 0 Å². The van der Waals surface area contributed by atoms with Gasteiger partial charge in [-0.05, 0) is 32.5 Å². The highest BCUT2D eigenvalue weighted by Crippen LogP contribution is 2.28. The maximum Gasteiger partial charge on any atom is 0.246 e. The first-order valence-electron chi connectivity index (χ1n) is 8.27.